The van der Waals surface area contributed by atoms with E-state index in [0.717, 1.165) is 12.1 Å². The van der Waals surface area contributed by atoms with Crippen LogP contribution >= 0.6 is 0 Å². The second-order valence-corrected chi connectivity index (χ2v) is 6.05. The number of amides is 2. The summed E-state index contributed by atoms with van der Waals surface area (Å²) < 4.78 is 1.49. The molecule has 0 aliphatic heterocycles. The Balaban J connectivity index is 1.79. The molecule has 0 atom stereocenters. The van der Waals surface area contributed by atoms with Gasteiger partial charge in [-0.05, 0) is 31.8 Å². The molecule has 0 unspecified atom stereocenters. The zero-order chi connectivity index (χ0) is 18.2. The number of benzene rings is 1. The first kappa shape index (κ1) is 18.5. The normalized spacial score (nSPS) is 10.7. The Bertz CT molecular complexity index is 708. The fraction of sp³-hybridized carbons (Fsp3) is 0.353. The van der Waals surface area contributed by atoms with Crippen molar-refractivity contribution in [2.75, 3.05) is 38.2 Å². The average molecular weight is 344 g/mol. The van der Waals surface area contributed by atoms with Crippen molar-refractivity contribution in [3.8, 4) is 0 Å². The summed E-state index contributed by atoms with van der Waals surface area (Å²) in [5, 5.41) is 9.66. The largest absolute Gasteiger partial charge is 0.399 e. The van der Waals surface area contributed by atoms with Crippen LogP contribution in [0.25, 0.3) is 0 Å². The van der Waals surface area contributed by atoms with Crippen molar-refractivity contribution in [3.63, 3.8) is 0 Å². The van der Waals surface area contributed by atoms with Crippen molar-refractivity contribution in [3.05, 3.63) is 42.2 Å². The second-order valence-electron chi connectivity index (χ2n) is 6.05. The number of nitrogens with one attached hydrogen (secondary N) is 2. The number of anilines is 2. The van der Waals surface area contributed by atoms with Gasteiger partial charge < -0.3 is 21.3 Å². The van der Waals surface area contributed by atoms with Crippen LogP contribution in [0.1, 0.15) is 5.56 Å². The molecule has 8 nitrogen and oxygen atoms in total. The highest BCUT2D eigenvalue weighted by Gasteiger charge is 2.08. The number of nitrogen functional groups attached to an aromatic ring is 1. The summed E-state index contributed by atoms with van der Waals surface area (Å²) in [6, 6.07) is 7.15. The average Bonchev–Trinajstić information content (AvgIpc) is 2.96. The molecule has 134 valence electrons. The van der Waals surface area contributed by atoms with E-state index in [9.17, 15) is 9.59 Å². The fourth-order valence-electron chi connectivity index (χ4n) is 2.16. The van der Waals surface area contributed by atoms with Gasteiger partial charge in [-0.3, -0.25) is 14.3 Å². The summed E-state index contributed by atoms with van der Waals surface area (Å²) in [5.41, 5.74) is 7.71. The highest BCUT2D eigenvalue weighted by Crippen LogP contribution is 2.09. The molecule has 4 N–H and O–H groups in total. The van der Waals surface area contributed by atoms with Crippen LogP contribution in [0.3, 0.4) is 0 Å². The summed E-state index contributed by atoms with van der Waals surface area (Å²) in [4.78, 5) is 25.8. The number of carbonyl (C=O) groups excluding carboxylic acids is 2. The van der Waals surface area contributed by atoms with Crippen LogP contribution in [0.15, 0.2) is 36.7 Å². The first-order chi connectivity index (χ1) is 11.9. The number of nitrogens with zero attached hydrogens (tertiary/aromatic N) is 3. The van der Waals surface area contributed by atoms with Crippen LogP contribution in [0, 0.1) is 0 Å². The van der Waals surface area contributed by atoms with Crippen LogP contribution in [0.4, 0.5) is 11.4 Å². The molecule has 8 heteroatoms. The molecule has 2 amide bonds. The molecule has 25 heavy (non-hydrogen) atoms. The number of hydrogen-bond acceptors (Lipinski definition) is 5. The van der Waals surface area contributed by atoms with Crippen LogP contribution in [0.2, 0.25) is 0 Å². The van der Waals surface area contributed by atoms with E-state index in [1.807, 2.05) is 31.1 Å². The lowest BCUT2D eigenvalue weighted by Crippen LogP contribution is -2.33. The molecule has 1 aromatic carbocycles. The SMILES string of the molecule is CN(C)CCNC(=O)Cn1cc(NC(=O)Cc2ccc(N)cc2)cn1. The van der Waals surface area contributed by atoms with Gasteiger partial charge in [0.15, 0.2) is 0 Å². The molecule has 0 aliphatic carbocycles. The summed E-state index contributed by atoms with van der Waals surface area (Å²) >= 11 is 0. The minimum absolute atomic E-state index is 0.112. The predicted octanol–water partition coefficient (Wildman–Crippen LogP) is 0.324. The smallest absolute Gasteiger partial charge is 0.241 e. The summed E-state index contributed by atoms with van der Waals surface area (Å²) in [6.45, 7) is 1.47. The standard InChI is InChI=1S/C17H24N6O2/c1-22(2)8-7-19-17(25)12-23-11-15(10-20-23)21-16(24)9-13-3-5-14(18)6-4-13/h3-6,10-11H,7-9,12,18H2,1-2H3,(H,19,25)(H,21,24). The molecule has 0 spiro atoms. The van der Waals surface area contributed by atoms with Gasteiger partial charge in [-0.2, -0.15) is 5.10 Å². The van der Waals surface area contributed by atoms with Crippen LogP contribution in [-0.4, -0.2) is 53.7 Å². The lowest BCUT2D eigenvalue weighted by molar-refractivity contribution is -0.121. The van der Waals surface area contributed by atoms with E-state index >= 15 is 0 Å². The predicted molar refractivity (Wildman–Crippen MR) is 97.0 cm³/mol. The molecular formula is C17H24N6O2. The van der Waals surface area contributed by atoms with Gasteiger partial charge in [0.1, 0.15) is 6.54 Å². The van der Waals surface area contributed by atoms with Crippen molar-refractivity contribution in [2.24, 2.45) is 0 Å². The summed E-state index contributed by atoms with van der Waals surface area (Å²) in [5.74, 6) is -0.274. The fourth-order valence-corrected chi connectivity index (χ4v) is 2.16. The van der Waals surface area contributed by atoms with Gasteiger partial charge in [-0.15, -0.1) is 0 Å². The van der Waals surface area contributed by atoms with Crippen molar-refractivity contribution < 1.29 is 9.59 Å². The van der Waals surface area contributed by atoms with E-state index in [4.69, 9.17) is 5.73 Å². The molecule has 2 aromatic rings. The molecule has 0 bridgehead atoms. The molecule has 0 fully saturated rings. The third kappa shape index (κ3) is 6.64. The molecule has 0 saturated carbocycles. The molecule has 0 radical (unpaired) electrons. The van der Waals surface area contributed by atoms with Gasteiger partial charge in [0.25, 0.3) is 0 Å². The van der Waals surface area contributed by atoms with Crippen molar-refractivity contribution in [1.29, 1.82) is 0 Å². The van der Waals surface area contributed by atoms with Crippen molar-refractivity contribution >= 4 is 23.2 Å². The van der Waals surface area contributed by atoms with E-state index in [1.165, 1.54) is 10.9 Å². The van der Waals surface area contributed by atoms with Crippen LogP contribution in [0.5, 0.6) is 0 Å². The van der Waals surface area contributed by atoms with Gasteiger partial charge in [0.05, 0.1) is 18.3 Å². The maximum absolute atomic E-state index is 12.0. The number of hydrogen-bond donors (Lipinski definition) is 3. The highest BCUT2D eigenvalue weighted by atomic mass is 16.2. The second kappa shape index (κ2) is 8.84. The quantitative estimate of drug-likeness (QED) is 0.598. The minimum Gasteiger partial charge on any atom is -0.399 e. The van der Waals surface area contributed by atoms with Gasteiger partial charge >= 0.3 is 0 Å². The molecule has 2 rings (SSSR count). The first-order valence-electron chi connectivity index (χ1n) is 8.00. The van der Waals surface area contributed by atoms with E-state index in [-0.39, 0.29) is 24.8 Å². The van der Waals surface area contributed by atoms with Crippen molar-refractivity contribution in [1.82, 2.24) is 20.0 Å². The van der Waals surface area contributed by atoms with E-state index in [1.54, 1.807) is 18.3 Å². The molecule has 0 saturated heterocycles. The molecular weight excluding hydrogens is 320 g/mol. The third-order valence-electron chi connectivity index (χ3n) is 3.45. The summed E-state index contributed by atoms with van der Waals surface area (Å²) in [6.07, 6.45) is 3.40. The maximum atomic E-state index is 12.0. The zero-order valence-electron chi connectivity index (χ0n) is 14.5. The minimum atomic E-state index is -0.153. The topological polar surface area (TPSA) is 105 Å². The third-order valence-corrected chi connectivity index (χ3v) is 3.45. The Kier molecular flexibility index (Phi) is 6.53. The molecule has 0 aliphatic rings. The first-order valence-corrected chi connectivity index (χ1v) is 8.00. The lowest BCUT2D eigenvalue weighted by atomic mass is 10.1. The number of likely N-dealkylation sites (N-methyl/N-ethyl adjacent to an activating group) is 1. The number of nitrogens with two attached hydrogens (primary N) is 1. The number of carbonyl (C=O) groups is 2. The summed E-state index contributed by atoms with van der Waals surface area (Å²) in [7, 11) is 3.89. The van der Waals surface area contributed by atoms with Crippen molar-refractivity contribution in [2.45, 2.75) is 13.0 Å². The number of aromatic nitrogens is 2. The Labute approximate surface area is 147 Å². The Hall–Kier alpha value is -2.87. The molecule has 1 aromatic heterocycles. The van der Waals surface area contributed by atoms with Gasteiger partial charge in [-0.25, -0.2) is 0 Å². The van der Waals surface area contributed by atoms with E-state index < -0.39 is 0 Å². The Morgan fingerprint density at radius 1 is 1.20 bits per heavy atom. The Morgan fingerprint density at radius 2 is 1.92 bits per heavy atom. The van der Waals surface area contributed by atoms with Gasteiger partial charge in [0.2, 0.25) is 11.8 Å². The monoisotopic (exact) mass is 344 g/mol. The lowest BCUT2D eigenvalue weighted by Gasteiger charge is -2.10. The van der Waals surface area contributed by atoms with E-state index in [2.05, 4.69) is 15.7 Å². The highest BCUT2D eigenvalue weighted by molar-refractivity contribution is 5.92. The van der Waals surface area contributed by atoms with Crippen LogP contribution in [-0.2, 0) is 22.6 Å². The van der Waals surface area contributed by atoms with E-state index in [0.29, 0.717) is 17.9 Å². The van der Waals surface area contributed by atoms with Crippen LogP contribution < -0.4 is 16.4 Å². The van der Waals surface area contributed by atoms with Gasteiger partial charge in [-0.1, -0.05) is 12.1 Å². The zero-order valence-corrected chi connectivity index (χ0v) is 14.5. The molecule has 1 heterocycles. The maximum Gasteiger partial charge on any atom is 0.241 e. The van der Waals surface area contributed by atoms with Gasteiger partial charge in [0, 0.05) is 25.0 Å². The Morgan fingerprint density at radius 3 is 2.60 bits per heavy atom. The number of rotatable bonds is 8.